The van der Waals surface area contributed by atoms with E-state index in [-0.39, 0.29) is 17.9 Å². The van der Waals surface area contributed by atoms with Gasteiger partial charge >= 0.3 is 0 Å². The zero-order valence-corrected chi connectivity index (χ0v) is 10.9. The van der Waals surface area contributed by atoms with Crippen molar-refractivity contribution in [2.45, 2.75) is 51.0 Å². The summed E-state index contributed by atoms with van der Waals surface area (Å²) in [5.74, 6) is 1.09. The molecule has 2 saturated heterocycles. The molecular weight excluding hydrogens is 228 g/mol. The summed E-state index contributed by atoms with van der Waals surface area (Å²) in [5.41, 5.74) is 0. The number of fused-ring (bicyclic) bond motifs is 1. The van der Waals surface area contributed by atoms with Crippen LogP contribution >= 0.6 is 0 Å². The van der Waals surface area contributed by atoms with Gasteiger partial charge in [0.25, 0.3) is 0 Å². The van der Waals surface area contributed by atoms with E-state index in [2.05, 4.69) is 0 Å². The van der Waals surface area contributed by atoms with Gasteiger partial charge in [-0.1, -0.05) is 6.42 Å². The standard InChI is InChI=1S/C14H22N2O2/c17-13-7-9-15(10-11-4-3-5-11)14(18)12-6-1-2-8-16(12)13/h11-12H,1-10H2. The Labute approximate surface area is 108 Å². The van der Waals surface area contributed by atoms with Gasteiger partial charge in [-0.05, 0) is 38.0 Å². The molecule has 2 amide bonds. The van der Waals surface area contributed by atoms with Gasteiger partial charge in [-0.25, -0.2) is 0 Å². The molecule has 4 heteroatoms. The highest BCUT2D eigenvalue weighted by molar-refractivity contribution is 5.90. The Balaban J connectivity index is 1.72. The van der Waals surface area contributed by atoms with E-state index >= 15 is 0 Å². The first-order valence-electron chi connectivity index (χ1n) is 7.34. The average Bonchev–Trinajstić information content (AvgIpc) is 2.46. The zero-order valence-electron chi connectivity index (χ0n) is 10.9. The van der Waals surface area contributed by atoms with Crippen molar-refractivity contribution >= 4 is 11.8 Å². The Kier molecular flexibility index (Phi) is 3.27. The van der Waals surface area contributed by atoms with Gasteiger partial charge in [-0.3, -0.25) is 9.59 Å². The smallest absolute Gasteiger partial charge is 0.245 e. The van der Waals surface area contributed by atoms with Crippen LogP contribution in [0.3, 0.4) is 0 Å². The first-order valence-corrected chi connectivity index (χ1v) is 7.34. The first-order chi connectivity index (χ1) is 8.75. The number of rotatable bonds is 2. The van der Waals surface area contributed by atoms with E-state index in [1.165, 1.54) is 19.3 Å². The van der Waals surface area contributed by atoms with Gasteiger partial charge in [-0.15, -0.1) is 0 Å². The molecule has 3 rings (SSSR count). The molecule has 1 aliphatic carbocycles. The molecule has 0 aromatic heterocycles. The molecule has 100 valence electrons. The summed E-state index contributed by atoms with van der Waals surface area (Å²) in [5, 5.41) is 0. The first kappa shape index (κ1) is 12.0. The lowest BCUT2D eigenvalue weighted by Crippen LogP contribution is -2.50. The SMILES string of the molecule is O=C1C2CCCCN2C(=O)CCN1CC1CCC1. The fourth-order valence-electron chi connectivity index (χ4n) is 3.35. The molecule has 0 radical (unpaired) electrons. The van der Waals surface area contributed by atoms with Crippen LogP contribution in [0.25, 0.3) is 0 Å². The summed E-state index contributed by atoms with van der Waals surface area (Å²) in [6.07, 6.45) is 7.34. The topological polar surface area (TPSA) is 40.6 Å². The minimum atomic E-state index is -0.145. The van der Waals surface area contributed by atoms with Gasteiger partial charge in [0.2, 0.25) is 11.8 Å². The molecule has 1 unspecified atom stereocenters. The molecule has 0 bridgehead atoms. The lowest BCUT2D eigenvalue weighted by Gasteiger charge is -2.36. The van der Waals surface area contributed by atoms with Crippen molar-refractivity contribution in [1.82, 2.24) is 9.80 Å². The highest BCUT2D eigenvalue weighted by atomic mass is 16.2. The minimum Gasteiger partial charge on any atom is -0.340 e. The van der Waals surface area contributed by atoms with Crippen molar-refractivity contribution in [2.24, 2.45) is 5.92 Å². The molecule has 3 fully saturated rings. The number of hydrogen-bond donors (Lipinski definition) is 0. The van der Waals surface area contributed by atoms with Crippen LogP contribution in [0.5, 0.6) is 0 Å². The molecule has 1 atom stereocenters. The Bertz CT molecular complexity index is 352. The number of carbonyl (C=O) groups is 2. The van der Waals surface area contributed by atoms with Crippen molar-refractivity contribution in [1.29, 1.82) is 0 Å². The van der Waals surface area contributed by atoms with Crippen molar-refractivity contribution in [3.63, 3.8) is 0 Å². The van der Waals surface area contributed by atoms with Gasteiger partial charge < -0.3 is 9.80 Å². The van der Waals surface area contributed by atoms with Crippen LogP contribution in [0.1, 0.15) is 44.9 Å². The molecule has 18 heavy (non-hydrogen) atoms. The molecule has 0 N–H and O–H groups in total. The fourth-order valence-corrected chi connectivity index (χ4v) is 3.35. The second kappa shape index (κ2) is 4.90. The van der Waals surface area contributed by atoms with Gasteiger partial charge in [0.15, 0.2) is 0 Å². The molecular formula is C14H22N2O2. The number of piperidine rings is 1. The summed E-state index contributed by atoms with van der Waals surface area (Å²) >= 11 is 0. The number of nitrogens with zero attached hydrogens (tertiary/aromatic N) is 2. The number of amides is 2. The van der Waals surface area contributed by atoms with E-state index in [9.17, 15) is 9.59 Å². The minimum absolute atomic E-state index is 0.145. The maximum absolute atomic E-state index is 12.5. The van der Waals surface area contributed by atoms with Crippen molar-refractivity contribution in [2.75, 3.05) is 19.6 Å². The molecule has 0 aromatic carbocycles. The Morgan fingerprint density at radius 3 is 2.56 bits per heavy atom. The molecule has 0 spiro atoms. The second-order valence-electron chi connectivity index (χ2n) is 5.93. The highest BCUT2D eigenvalue weighted by Crippen LogP contribution is 2.29. The van der Waals surface area contributed by atoms with E-state index in [0.717, 1.165) is 32.4 Å². The second-order valence-corrected chi connectivity index (χ2v) is 5.93. The largest absolute Gasteiger partial charge is 0.340 e. The third-order valence-corrected chi connectivity index (χ3v) is 4.72. The molecule has 2 heterocycles. The van der Waals surface area contributed by atoms with Crippen LogP contribution in [0, 0.1) is 5.92 Å². The van der Waals surface area contributed by atoms with Gasteiger partial charge in [0, 0.05) is 26.1 Å². The predicted molar refractivity (Wildman–Crippen MR) is 67.9 cm³/mol. The molecule has 2 aliphatic heterocycles. The Hall–Kier alpha value is -1.06. The number of carbonyl (C=O) groups excluding carboxylic acids is 2. The fraction of sp³-hybridized carbons (Fsp3) is 0.857. The van der Waals surface area contributed by atoms with E-state index in [4.69, 9.17) is 0 Å². The van der Waals surface area contributed by atoms with Crippen molar-refractivity contribution in [3.8, 4) is 0 Å². The van der Waals surface area contributed by atoms with Crippen LogP contribution in [-0.4, -0.2) is 47.3 Å². The third-order valence-electron chi connectivity index (χ3n) is 4.72. The Morgan fingerprint density at radius 1 is 1.00 bits per heavy atom. The van der Waals surface area contributed by atoms with Crippen LogP contribution in [0.15, 0.2) is 0 Å². The van der Waals surface area contributed by atoms with Crippen LogP contribution in [0.4, 0.5) is 0 Å². The predicted octanol–water partition coefficient (Wildman–Crippen LogP) is 1.40. The van der Waals surface area contributed by atoms with Gasteiger partial charge in [0.1, 0.15) is 6.04 Å². The van der Waals surface area contributed by atoms with E-state index in [1.54, 1.807) is 0 Å². The Morgan fingerprint density at radius 2 is 1.83 bits per heavy atom. The summed E-state index contributed by atoms with van der Waals surface area (Å²) in [7, 11) is 0. The van der Waals surface area contributed by atoms with E-state index < -0.39 is 0 Å². The maximum Gasteiger partial charge on any atom is 0.245 e. The molecule has 1 saturated carbocycles. The normalized spacial score (nSPS) is 29.9. The molecule has 0 aromatic rings. The summed E-state index contributed by atoms with van der Waals surface area (Å²) < 4.78 is 0. The lowest BCUT2D eigenvalue weighted by atomic mass is 9.85. The van der Waals surface area contributed by atoms with E-state index in [0.29, 0.717) is 18.9 Å². The monoisotopic (exact) mass is 250 g/mol. The molecule has 3 aliphatic rings. The summed E-state index contributed by atoms with van der Waals surface area (Å²) in [4.78, 5) is 28.4. The zero-order chi connectivity index (χ0) is 12.5. The van der Waals surface area contributed by atoms with Crippen LogP contribution in [0.2, 0.25) is 0 Å². The summed E-state index contributed by atoms with van der Waals surface area (Å²) in [6, 6.07) is -0.145. The molecule has 4 nitrogen and oxygen atoms in total. The third kappa shape index (κ3) is 2.13. The van der Waals surface area contributed by atoms with Crippen molar-refractivity contribution < 1.29 is 9.59 Å². The maximum atomic E-state index is 12.5. The average molecular weight is 250 g/mol. The van der Waals surface area contributed by atoms with Crippen LogP contribution < -0.4 is 0 Å². The van der Waals surface area contributed by atoms with Gasteiger partial charge in [0.05, 0.1) is 0 Å². The number of hydrogen-bond acceptors (Lipinski definition) is 2. The highest BCUT2D eigenvalue weighted by Gasteiger charge is 2.38. The quantitative estimate of drug-likeness (QED) is 0.743. The van der Waals surface area contributed by atoms with Crippen LogP contribution in [-0.2, 0) is 9.59 Å². The van der Waals surface area contributed by atoms with E-state index in [1.807, 2.05) is 9.80 Å². The lowest BCUT2D eigenvalue weighted by molar-refractivity contribution is -0.143. The van der Waals surface area contributed by atoms with Crippen molar-refractivity contribution in [3.05, 3.63) is 0 Å². The van der Waals surface area contributed by atoms with Gasteiger partial charge in [-0.2, -0.15) is 0 Å². The summed E-state index contributed by atoms with van der Waals surface area (Å²) in [6.45, 7) is 2.31.